The van der Waals surface area contributed by atoms with Crippen LogP contribution < -0.4 is 5.32 Å². The van der Waals surface area contributed by atoms with Crippen molar-refractivity contribution in [1.82, 2.24) is 9.78 Å². The third-order valence-electron chi connectivity index (χ3n) is 3.24. The van der Waals surface area contributed by atoms with Crippen molar-refractivity contribution in [3.63, 3.8) is 0 Å². The van der Waals surface area contributed by atoms with Crippen LogP contribution >= 0.6 is 11.8 Å². The lowest BCUT2D eigenvalue weighted by atomic mass is 10.2. The zero-order valence-corrected chi connectivity index (χ0v) is 12.5. The third kappa shape index (κ3) is 3.08. The third-order valence-corrected chi connectivity index (χ3v) is 3.75. The molecule has 0 amide bonds. The maximum absolute atomic E-state index is 7.76. The minimum absolute atomic E-state index is 0.429. The fourth-order valence-electron chi connectivity index (χ4n) is 2.23. The van der Waals surface area contributed by atoms with Crippen LogP contribution in [0.25, 0.3) is 10.9 Å². The molecule has 0 spiro atoms. The average Bonchev–Trinajstić information content (AvgIpc) is 2.91. The summed E-state index contributed by atoms with van der Waals surface area (Å²) in [6.07, 6.45) is 3.91. The second kappa shape index (κ2) is 6.01. The van der Waals surface area contributed by atoms with Crippen molar-refractivity contribution in [2.24, 2.45) is 0 Å². The second-order valence-electron chi connectivity index (χ2n) is 4.71. The number of nitrogens with zero attached hydrogens (tertiary/aromatic N) is 2. The zero-order chi connectivity index (χ0) is 14.7. The Kier molecular flexibility index (Phi) is 3.92. The van der Waals surface area contributed by atoms with E-state index in [1.807, 2.05) is 53.5 Å². The van der Waals surface area contributed by atoms with E-state index in [0.29, 0.717) is 5.17 Å². The predicted octanol–water partition coefficient (Wildman–Crippen LogP) is 3.79. The Morgan fingerprint density at radius 3 is 2.76 bits per heavy atom. The number of hydrogen-bond donors (Lipinski definition) is 2. The minimum Gasteiger partial charge on any atom is -0.335 e. The number of hydrogen-bond acceptors (Lipinski definition) is 3. The van der Waals surface area contributed by atoms with Gasteiger partial charge in [-0.3, -0.25) is 10.1 Å². The fraction of sp³-hybridized carbons (Fsp3) is 0.125. The van der Waals surface area contributed by atoms with Crippen LogP contribution in [0.5, 0.6) is 0 Å². The summed E-state index contributed by atoms with van der Waals surface area (Å²) in [6, 6.07) is 16.2. The lowest BCUT2D eigenvalue weighted by molar-refractivity contribution is 0.696. The highest BCUT2D eigenvalue weighted by Crippen LogP contribution is 2.23. The number of anilines is 1. The molecule has 5 heteroatoms. The van der Waals surface area contributed by atoms with Gasteiger partial charge in [0.15, 0.2) is 5.17 Å². The summed E-state index contributed by atoms with van der Waals surface area (Å²) in [5, 5.41) is 16.9. The Balaban J connectivity index is 1.92. The fourth-order valence-corrected chi connectivity index (χ4v) is 2.44. The zero-order valence-electron chi connectivity index (χ0n) is 11.7. The van der Waals surface area contributed by atoms with E-state index in [9.17, 15) is 0 Å². The van der Waals surface area contributed by atoms with Crippen LogP contribution in [0, 0.1) is 5.41 Å². The maximum atomic E-state index is 7.76. The Labute approximate surface area is 127 Å². The van der Waals surface area contributed by atoms with Crippen molar-refractivity contribution in [3.05, 3.63) is 60.3 Å². The van der Waals surface area contributed by atoms with Gasteiger partial charge in [0.25, 0.3) is 0 Å². The first-order valence-corrected chi connectivity index (χ1v) is 7.88. The summed E-state index contributed by atoms with van der Waals surface area (Å²) in [7, 11) is 0. The van der Waals surface area contributed by atoms with Gasteiger partial charge in [-0.2, -0.15) is 5.10 Å². The molecule has 3 aromatic rings. The molecular weight excluding hydrogens is 280 g/mol. The number of thioether (sulfide) groups is 1. The maximum Gasteiger partial charge on any atom is 0.157 e. The van der Waals surface area contributed by atoms with Gasteiger partial charge in [-0.1, -0.05) is 48.2 Å². The molecule has 2 aromatic carbocycles. The van der Waals surface area contributed by atoms with E-state index in [2.05, 4.69) is 22.5 Å². The standard InChI is InChI=1S/C16H16N4S/c1-21-16(17)18-14-8-5-9-15-13(14)11-20(19-15)10-12-6-3-2-4-7-12/h2-9,11H,10H2,1H3,(H2,17,18). The van der Waals surface area contributed by atoms with Crippen molar-refractivity contribution in [2.75, 3.05) is 11.6 Å². The monoisotopic (exact) mass is 296 g/mol. The summed E-state index contributed by atoms with van der Waals surface area (Å²) in [6.45, 7) is 0.745. The van der Waals surface area contributed by atoms with E-state index in [-0.39, 0.29) is 0 Å². The Morgan fingerprint density at radius 1 is 1.19 bits per heavy atom. The molecule has 0 fully saturated rings. The van der Waals surface area contributed by atoms with Crippen molar-refractivity contribution in [3.8, 4) is 0 Å². The Hall–Kier alpha value is -2.27. The van der Waals surface area contributed by atoms with Gasteiger partial charge < -0.3 is 5.32 Å². The number of amidine groups is 1. The SMILES string of the molecule is CSC(=N)Nc1cccc2nn(Cc3ccccc3)cc12. The smallest absolute Gasteiger partial charge is 0.157 e. The molecule has 4 nitrogen and oxygen atoms in total. The molecule has 21 heavy (non-hydrogen) atoms. The largest absolute Gasteiger partial charge is 0.335 e. The van der Waals surface area contributed by atoms with Crippen LogP contribution in [0.15, 0.2) is 54.7 Å². The van der Waals surface area contributed by atoms with Gasteiger partial charge >= 0.3 is 0 Å². The van der Waals surface area contributed by atoms with Gasteiger partial charge in [0, 0.05) is 11.6 Å². The molecule has 0 saturated heterocycles. The van der Waals surface area contributed by atoms with Gasteiger partial charge in [-0.15, -0.1) is 0 Å². The molecule has 0 unspecified atom stereocenters. The van der Waals surface area contributed by atoms with Crippen molar-refractivity contribution in [1.29, 1.82) is 5.41 Å². The van der Waals surface area contributed by atoms with E-state index in [4.69, 9.17) is 5.41 Å². The van der Waals surface area contributed by atoms with Crippen molar-refractivity contribution < 1.29 is 0 Å². The van der Waals surface area contributed by atoms with Crippen LogP contribution in [-0.4, -0.2) is 21.2 Å². The normalized spacial score (nSPS) is 10.7. The van der Waals surface area contributed by atoms with E-state index < -0.39 is 0 Å². The first-order valence-electron chi connectivity index (χ1n) is 6.66. The van der Waals surface area contributed by atoms with Gasteiger partial charge in [0.1, 0.15) is 0 Å². The van der Waals surface area contributed by atoms with E-state index in [1.54, 1.807) is 0 Å². The molecule has 0 bridgehead atoms. The Morgan fingerprint density at radius 2 is 2.00 bits per heavy atom. The van der Waals surface area contributed by atoms with Crippen LogP contribution in [-0.2, 0) is 6.54 Å². The summed E-state index contributed by atoms with van der Waals surface area (Å²) in [5.41, 5.74) is 3.08. The quantitative estimate of drug-likeness (QED) is 0.571. The number of nitrogens with one attached hydrogen (secondary N) is 2. The molecule has 0 saturated carbocycles. The molecule has 1 aromatic heterocycles. The number of rotatable bonds is 3. The average molecular weight is 296 g/mol. The molecule has 3 rings (SSSR count). The first kappa shape index (κ1) is 13.7. The van der Waals surface area contributed by atoms with Crippen LogP contribution in [0.1, 0.15) is 5.56 Å². The molecule has 0 atom stereocenters. The van der Waals surface area contributed by atoms with Crippen molar-refractivity contribution >= 4 is 33.5 Å². The molecule has 0 radical (unpaired) electrons. The van der Waals surface area contributed by atoms with Gasteiger partial charge in [0.05, 0.1) is 17.7 Å². The molecular formula is C16H16N4S. The van der Waals surface area contributed by atoms with Crippen LogP contribution in [0.3, 0.4) is 0 Å². The first-order chi connectivity index (χ1) is 10.3. The highest BCUT2D eigenvalue weighted by atomic mass is 32.2. The highest BCUT2D eigenvalue weighted by Gasteiger charge is 2.07. The highest BCUT2D eigenvalue weighted by molar-refractivity contribution is 8.13. The summed E-state index contributed by atoms with van der Waals surface area (Å²) >= 11 is 1.38. The van der Waals surface area contributed by atoms with Gasteiger partial charge in [-0.25, -0.2) is 0 Å². The molecule has 106 valence electrons. The van der Waals surface area contributed by atoms with Crippen LogP contribution in [0.4, 0.5) is 5.69 Å². The molecule has 0 aliphatic heterocycles. The van der Waals surface area contributed by atoms with Crippen LogP contribution in [0.2, 0.25) is 0 Å². The topological polar surface area (TPSA) is 53.7 Å². The number of aromatic nitrogens is 2. The molecule has 0 aliphatic rings. The molecule has 2 N–H and O–H groups in total. The number of fused-ring (bicyclic) bond motifs is 1. The lowest BCUT2D eigenvalue weighted by Crippen LogP contribution is -2.04. The summed E-state index contributed by atoms with van der Waals surface area (Å²) < 4.78 is 1.94. The minimum atomic E-state index is 0.429. The Bertz CT molecular complexity index is 764. The number of benzene rings is 2. The van der Waals surface area contributed by atoms with Crippen molar-refractivity contribution in [2.45, 2.75) is 6.54 Å². The van der Waals surface area contributed by atoms with Gasteiger partial charge in [0.2, 0.25) is 0 Å². The summed E-state index contributed by atoms with van der Waals surface area (Å²) in [5.74, 6) is 0. The lowest BCUT2D eigenvalue weighted by Gasteiger charge is -2.05. The van der Waals surface area contributed by atoms with Gasteiger partial charge in [-0.05, 0) is 24.0 Å². The summed E-state index contributed by atoms with van der Waals surface area (Å²) in [4.78, 5) is 0. The molecule has 1 heterocycles. The molecule has 0 aliphatic carbocycles. The second-order valence-corrected chi connectivity index (χ2v) is 5.53. The predicted molar refractivity (Wildman–Crippen MR) is 90.1 cm³/mol. The van der Waals surface area contributed by atoms with E-state index >= 15 is 0 Å². The van der Waals surface area contributed by atoms with E-state index in [1.165, 1.54) is 17.3 Å². The van der Waals surface area contributed by atoms with E-state index in [0.717, 1.165) is 23.1 Å².